The Labute approximate surface area is 101 Å². The van der Waals surface area contributed by atoms with Crippen molar-refractivity contribution in [1.82, 2.24) is 5.32 Å². The average Bonchev–Trinajstić information content (AvgIpc) is 3.02. The van der Waals surface area contributed by atoms with E-state index in [4.69, 9.17) is 10.5 Å². The number of aryl methyl sites for hydroxylation is 1. The Balaban J connectivity index is 1.64. The Morgan fingerprint density at radius 1 is 1.59 bits per heavy atom. The SMILES string of the molecule is Cc1cccc(OCCNC(=O)C2CC2N)c1. The van der Waals surface area contributed by atoms with Gasteiger partial charge in [-0.1, -0.05) is 12.1 Å². The van der Waals surface area contributed by atoms with Crippen LogP contribution in [-0.4, -0.2) is 25.1 Å². The molecule has 0 aliphatic heterocycles. The third-order valence-corrected chi connectivity index (χ3v) is 2.84. The highest BCUT2D eigenvalue weighted by Crippen LogP contribution is 2.27. The van der Waals surface area contributed by atoms with Crippen LogP contribution in [0.5, 0.6) is 5.75 Å². The van der Waals surface area contributed by atoms with Crippen molar-refractivity contribution in [3.8, 4) is 5.75 Å². The summed E-state index contributed by atoms with van der Waals surface area (Å²) in [7, 11) is 0. The average molecular weight is 234 g/mol. The number of benzene rings is 1. The van der Waals surface area contributed by atoms with Gasteiger partial charge in [0.05, 0.1) is 12.5 Å². The van der Waals surface area contributed by atoms with Gasteiger partial charge in [-0.25, -0.2) is 0 Å². The number of hydrogen-bond acceptors (Lipinski definition) is 3. The van der Waals surface area contributed by atoms with Crippen molar-refractivity contribution in [3.05, 3.63) is 29.8 Å². The van der Waals surface area contributed by atoms with Crippen molar-refractivity contribution in [2.45, 2.75) is 19.4 Å². The fraction of sp³-hybridized carbons (Fsp3) is 0.462. The van der Waals surface area contributed by atoms with Crippen molar-refractivity contribution in [1.29, 1.82) is 0 Å². The molecule has 2 atom stereocenters. The van der Waals surface area contributed by atoms with Crippen LogP contribution in [0.1, 0.15) is 12.0 Å². The van der Waals surface area contributed by atoms with Crippen LogP contribution < -0.4 is 15.8 Å². The number of carbonyl (C=O) groups excluding carboxylic acids is 1. The molecule has 1 saturated carbocycles. The van der Waals surface area contributed by atoms with Gasteiger partial charge < -0.3 is 15.8 Å². The summed E-state index contributed by atoms with van der Waals surface area (Å²) in [6, 6.07) is 7.91. The van der Waals surface area contributed by atoms with Gasteiger partial charge in [0.1, 0.15) is 12.4 Å². The molecule has 1 aromatic rings. The van der Waals surface area contributed by atoms with E-state index in [2.05, 4.69) is 5.32 Å². The smallest absolute Gasteiger partial charge is 0.224 e. The summed E-state index contributed by atoms with van der Waals surface area (Å²) in [6.07, 6.45) is 0.810. The quantitative estimate of drug-likeness (QED) is 0.742. The number of amides is 1. The maximum absolute atomic E-state index is 11.4. The van der Waals surface area contributed by atoms with Crippen molar-refractivity contribution in [2.24, 2.45) is 11.7 Å². The van der Waals surface area contributed by atoms with Gasteiger partial charge in [-0.3, -0.25) is 4.79 Å². The third kappa shape index (κ3) is 3.46. The molecule has 1 aromatic carbocycles. The summed E-state index contributed by atoms with van der Waals surface area (Å²) >= 11 is 0. The van der Waals surface area contributed by atoms with E-state index < -0.39 is 0 Å². The number of carbonyl (C=O) groups is 1. The Morgan fingerprint density at radius 3 is 3.00 bits per heavy atom. The maximum atomic E-state index is 11.4. The molecule has 1 amide bonds. The van der Waals surface area contributed by atoms with E-state index in [0.29, 0.717) is 13.2 Å². The second kappa shape index (κ2) is 5.19. The van der Waals surface area contributed by atoms with Gasteiger partial charge in [-0.2, -0.15) is 0 Å². The molecule has 0 radical (unpaired) electrons. The first-order valence-electron chi connectivity index (χ1n) is 5.89. The van der Waals surface area contributed by atoms with E-state index in [1.54, 1.807) is 0 Å². The zero-order chi connectivity index (χ0) is 12.3. The summed E-state index contributed by atoms with van der Waals surface area (Å²) in [4.78, 5) is 11.4. The predicted octanol–water partition coefficient (Wildman–Crippen LogP) is 0.837. The topological polar surface area (TPSA) is 64.3 Å². The van der Waals surface area contributed by atoms with Gasteiger partial charge in [0.2, 0.25) is 5.91 Å². The van der Waals surface area contributed by atoms with Crippen LogP contribution >= 0.6 is 0 Å². The second-order valence-electron chi connectivity index (χ2n) is 4.46. The van der Waals surface area contributed by atoms with Crippen LogP contribution in [0.4, 0.5) is 0 Å². The zero-order valence-electron chi connectivity index (χ0n) is 9.98. The van der Waals surface area contributed by atoms with Crippen molar-refractivity contribution < 1.29 is 9.53 Å². The molecule has 0 saturated heterocycles. The molecule has 4 heteroatoms. The van der Waals surface area contributed by atoms with Gasteiger partial charge in [0, 0.05) is 6.04 Å². The van der Waals surface area contributed by atoms with Gasteiger partial charge in [-0.05, 0) is 31.0 Å². The molecule has 2 unspecified atom stereocenters. The highest BCUT2D eigenvalue weighted by molar-refractivity contribution is 5.82. The van der Waals surface area contributed by atoms with Crippen LogP contribution in [0.3, 0.4) is 0 Å². The largest absolute Gasteiger partial charge is 0.492 e. The van der Waals surface area contributed by atoms with Crippen LogP contribution in [0.2, 0.25) is 0 Å². The van der Waals surface area contributed by atoms with Crippen LogP contribution in [-0.2, 0) is 4.79 Å². The summed E-state index contributed by atoms with van der Waals surface area (Å²) in [5.41, 5.74) is 6.75. The van der Waals surface area contributed by atoms with E-state index in [1.165, 1.54) is 0 Å². The molecular weight excluding hydrogens is 216 g/mol. The number of nitrogens with two attached hydrogens (primary N) is 1. The molecule has 2 rings (SSSR count). The van der Waals surface area contributed by atoms with Gasteiger partial charge >= 0.3 is 0 Å². The first kappa shape index (κ1) is 11.9. The van der Waals surface area contributed by atoms with Crippen LogP contribution in [0.25, 0.3) is 0 Å². The maximum Gasteiger partial charge on any atom is 0.224 e. The minimum absolute atomic E-state index is 0.0222. The fourth-order valence-electron chi connectivity index (χ4n) is 1.70. The minimum Gasteiger partial charge on any atom is -0.492 e. The molecule has 0 aromatic heterocycles. The van der Waals surface area contributed by atoms with E-state index >= 15 is 0 Å². The normalized spacial score (nSPS) is 22.0. The van der Waals surface area contributed by atoms with E-state index in [0.717, 1.165) is 17.7 Å². The standard InChI is InChI=1S/C13H18N2O2/c1-9-3-2-4-10(7-9)17-6-5-15-13(16)11-8-12(11)14/h2-4,7,11-12H,5-6,8,14H2,1H3,(H,15,16). The molecular formula is C13H18N2O2. The van der Waals surface area contributed by atoms with Crippen molar-refractivity contribution in [3.63, 3.8) is 0 Å². The minimum atomic E-state index is 0.0222. The highest BCUT2D eigenvalue weighted by atomic mass is 16.5. The molecule has 0 heterocycles. The highest BCUT2D eigenvalue weighted by Gasteiger charge is 2.39. The van der Waals surface area contributed by atoms with Gasteiger partial charge in [-0.15, -0.1) is 0 Å². The van der Waals surface area contributed by atoms with E-state index in [-0.39, 0.29) is 17.9 Å². The van der Waals surface area contributed by atoms with Crippen molar-refractivity contribution >= 4 is 5.91 Å². The molecule has 1 aliphatic rings. The number of ether oxygens (including phenoxy) is 1. The summed E-state index contributed by atoms with van der Waals surface area (Å²) in [5.74, 6) is 0.904. The Hall–Kier alpha value is -1.55. The first-order chi connectivity index (χ1) is 8.16. The lowest BCUT2D eigenvalue weighted by molar-refractivity contribution is -0.122. The Kier molecular flexibility index (Phi) is 3.64. The lowest BCUT2D eigenvalue weighted by atomic mass is 10.2. The van der Waals surface area contributed by atoms with Crippen LogP contribution in [0.15, 0.2) is 24.3 Å². The molecule has 1 aliphatic carbocycles. The van der Waals surface area contributed by atoms with E-state index in [9.17, 15) is 4.79 Å². The van der Waals surface area contributed by atoms with Gasteiger partial charge in [0.15, 0.2) is 0 Å². The molecule has 3 N–H and O–H groups in total. The van der Waals surface area contributed by atoms with Crippen molar-refractivity contribution in [2.75, 3.05) is 13.2 Å². The Bertz CT molecular complexity index is 406. The number of rotatable bonds is 5. The number of hydrogen-bond donors (Lipinski definition) is 2. The monoisotopic (exact) mass is 234 g/mol. The number of nitrogens with one attached hydrogen (secondary N) is 1. The molecule has 4 nitrogen and oxygen atoms in total. The first-order valence-corrected chi connectivity index (χ1v) is 5.89. The molecule has 1 fully saturated rings. The lowest BCUT2D eigenvalue weighted by Crippen LogP contribution is -2.31. The summed E-state index contributed by atoms with van der Waals surface area (Å²) in [5, 5.41) is 2.82. The van der Waals surface area contributed by atoms with Gasteiger partial charge in [0.25, 0.3) is 0 Å². The second-order valence-corrected chi connectivity index (χ2v) is 4.46. The Morgan fingerprint density at radius 2 is 2.35 bits per heavy atom. The third-order valence-electron chi connectivity index (χ3n) is 2.84. The summed E-state index contributed by atoms with van der Waals surface area (Å²) in [6.45, 7) is 3.02. The van der Waals surface area contributed by atoms with E-state index in [1.807, 2.05) is 31.2 Å². The summed E-state index contributed by atoms with van der Waals surface area (Å²) < 4.78 is 5.52. The lowest BCUT2D eigenvalue weighted by Gasteiger charge is -2.07. The predicted molar refractivity (Wildman–Crippen MR) is 65.8 cm³/mol. The van der Waals surface area contributed by atoms with Crippen LogP contribution in [0, 0.1) is 12.8 Å². The zero-order valence-corrected chi connectivity index (χ0v) is 9.98. The molecule has 92 valence electrons. The fourth-order valence-corrected chi connectivity index (χ4v) is 1.70. The molecule has 0 spiro atoms. The molecule has 0 bridgehead atoms. The molecule has 17 heavy (non-hydrogen) atoms.